The normalized spacial score (nSPS) is 36.6. The van der Waals surface area contributed by atoms with Gasteiger partial charge in [0.1, 0.15) is 24.3 Å². The summed E-state index contributed by atoms with van der Waals surface area (Å²) in [6.07, 6.45) is -1.47. The van der Waals surface area contributed by atoms with Crippen LogP contribution < -0.4 is 11.3 Å². The van der Waals surface area contributed by atoms with Crippen molar-refractivity contribution >= 4 is 72.0 Å². The number of carbonyl (C=O) groups excluding carboxylic acids is 1. The number of hydrogen-bond donors (Lipinski definition) is 4. The van der Waals surface area contributed by atoms with Gasteiger partial charge in [-0.25, -0.2) is 4.99 Å². The van der Waals surface area contributed by atoms with E-state index in [9.17, 15) is 19.4 Å². The number of hydrogen-bond acceptors (Lipinski definition) is 15. The molecule has 0 amide bonds. The number of fused-ring (bicyclic) bond motifs is 5. The molecule has 230 valence electrons. The minimum Gasteiger partial charge on any atom is -0.369 e. The van der Waals surface area contributed by atoms with Crippen molar-refractivity contribution in [2.75, 3.05) is 18.9 Å². The van der Waals surface area contributed by atoms with Gasteiger partial charge in [-0.1, -0.05) is 5.21 Å². The summed E-state index contributed by atoms with van der Waals surface area (Å²) < 4.78 is 38.2. The first kappa shape index (κ1) is 29.4. The molecule has 0 radical (unpaired) electrons. The summed E-state index contributed by atoms with van der Waals surface area (Å²) in [7, 11) is 0. The van der Waals surface area contributed by atoms with Crippen molar-refractivity contribution in [2.45, 2.75) is 56.1 Å². The van der Waals surface area contributed by atoms with Crippen LogP contribution in [0.2, 0.25) is 0 Å². The van der Waals surface area contributed by atoms with Crippen LogP contribution in [0, 0.1) is 0 Å². The molecule has 2 bridgehead atoms. The van der Waals surface area contributed by atoms with Crippen LogP contribution in [0.15, 0.2) is 22.1 Å². The topological polar surface area (TPSA) is 233 Å². The van der Waals surface area contributed by atoms with Gasteiger partial charge in [-0.2, -0.15) is 9.67 Å². The van der Waals surface area contributed by atoms with E-state index in [1.54, 1.807) is 16.8 Å². The molecule has 4 aliphatic heterocycles. The molecular formula is C21H24N8O10P2S2. The number of Topliss-reactive ketones (excluding diaryl/α,β-unsaturated/α-hetero) is 1. The van der Waals surface area contributed by atoms with Crippen molar-refractivity contribution in [1.82, 2.24) is 29.5 Å². The molecule has 4 aliphatic rings. The van der Waals surface area contributed by atoms with Gasteiger partial charge in [0.05, 0.1) is 31.0 Å². The van der Waals surface area contributed by atoms with Gasteiger partial charge in [0.15, 0.2) is 23.2 Å². The largest absolute Gasteiger partial charge is 0.369 e. The van der Waals surface area contributed by atoms with Crippen molar-refractivity contribution in [1.29, 1.82) is 0 Å². The molecule has 7 rings (SSSR count). The molecule has 5 N–H and O–H groups in total. The fraction of sp³-hybridized carbons (Fsp3) is 0.524. The number of nitrogens with one attached hydrogen (secondary N) is 1. The number of rotatable bonds is 2. The second kappa shape index (κ2) is 10.9. The van der Waals surface area contributed by atoms with E-state index in [0.29, 0.717) is 11.4 Å². The first-order valence-electron chi connectivity index (χ1n) is 13.0. The molecule has 3 fully saturated rings. The molecule has 43 heavy (non-hydrogen) atoms. The Morgan fingerprint density at radius 3 is 2.63 bits per heavy atom. The van der Waals surface area contributed by atoms with Crippen LogP contribution in [0.4, 0.5) is 11.8 Å². The number of nitrogen functional groups attached to an aromatic ring is 1. The standard InChI is InChI=1S/C21H24N8O10P2S2/c22-21-24-18-16(19(31)25-21)26-27-29(18)20-13-5-9(36-20)7-34-40(32,42)38-12-6-15(37-14(12)8-35-41(33,43)39-13)28-4-2-10-11(30)1-3-23-17(10)28/h2-4,9,12-15,20H,1,5-8H2,(H,32,42)(H,33,43)(H3,22,24,25,31)/t9-,12-,13+,14+,15+,20+,40?,41?/m0/s1. The first-order chi connectivity index (χ1) is 20.5. The maximum atomic E-state index is 12.3. The van der Waals surface area contributed by atoms with Crippen molar-refractivity contribution in [3.8, 4) is 0 Å². The molecule has 0 saturated carbocycles. The molecule has 18 nitrogen and oxygen atoms in total. The molecule has 0 spiro atoms. The van der Waals surface area contributed by atoms with Gasteiger partial charge in [-0.05, 0) is 29.7 Å². The minimum atomic E-state index is -3.96. The van der Waals surface area contributed by atoms with E-state index in [-0.39, 0.29) is 55.4 Å². The van der Waals surface area contributed by atoms with Gasteiger partial charge in [0.25, 0.3) is 5.56 Å². The van der Waals surface area contributed by atoms with Gasteiger partial charge < -0.3 is 47.7 Å². The highest BCUT2D eigenvalue weighted by Gasteiger charge is 2.46. The number of aromatic nitrogens is 6. The highest BCUT2D eigenvalue weighted by atomic mass is 32.5. The number of ether oxygens (including phenoxy) is 2. The first-order valence-corrected chi connectivity index (χ1v) is 18.1. The van der Waals surface area contributed by atoms with Gasteiger partial charge in [-0.15, -0.1) is 5.10 Å². The van der Waals surface area contributed by atoms with Crippen LogP contribution in [0.3, 0.4) is 0 Å². The fourth-order valence-electron chi connectivity index (χ4n) is 5.39. The Morgan fingerprint density at radius 2 is 1.81 bits per heavy atom. The van der Waals surface area contributed by atoms with E-state index in [1.807, 2.05) is 0 Å². The quantitative estimate of drug-likeness (QED) is 0.274. The van der Waals surface area contributed by atoms with Crippen LogP contribution in [0.25, 0.3) is 11.2 Å². The maximum absolute atomic E-state index is 12.3. The number of aromatic amines is 1. The highest BCUT2D eigenvalue weighted by molar-refractivity contribution is 8.07. The van der Waals surface area contributed by atoms with Crippen LogP contribution in [0.1, 0.15) is 42.1 Å². The van der Waals surface area contributed by atoms with Gasteiger partial charge in [0.2, 0.25) is 5.95 Å². The molecule has 0 aliphatic carbocycles. The van der Waals surface area contributed by atoms with E-state index < -0.39 is 55.9 Å². The molecule has 3 saturated heterocycles. The summed E-state index contributed by atoms with van der Waals surface area (Å²) in [4.78, 5) is 57.4. The lowest BCUT2D eigenvalue weighted by Gasteiger charge is -2.27. The summed E-state index contributed by atoms with van der Waals surface area (Å²) in [5, 5.41) is 7.84. The summed E-state index contributed by atoms with van der Waals surface area (Å²) in [6, 6.07) is 1.66. The van der Waals surface area contributed by atoms with Crippen molar-refractivity contribution in [3.05, 3.63) is 28.2 Å². The average Bonchev–Trinajstić information content (AvgIpc) is 3.71. The minimum absolute atomic E-state index is 0.0109. The van der Waals surface area contributed by atoms with E-state index in [1.165, 1.54) is 10.9 Å². The number of aliphatic imine (C=N–C) groups is 1. The van der Waals surface area contributed by atoms with Crippen molar-refractivity contribution < 1.29 is 42.2 Å². The smallest absolute Gasteiger partial charge is 0.325 e. The van der Waals surface area contributed by atoms with E-state index >= 15 is 0 Å². The Morgan fingerprint density at radius 1 is 1.05 bits per heavy atom. The molecular weight excluding hydrogens is 650 g/mol. The van der Waals surface area contributed by atoms with E-state index in [4.69, 9.17) is 56.9 Å². The van der Waals surface area contributed by atoms with Crippen LogP contribution >= 0.6 is 13.4 Å². The number of nitrogens with zero attached hydrogens (tertiary/aromatic N) is 6. The summed E-state index contributed by atoms with van der Waals surface area (Å²) in [6.45, 7) is -8.33. The zero-order valence-corrected chi connectivity index (χ0v) is 25.3. The van der Waals surface area contributed by atoms with Crippen LogP contribution in [0.5, 0.6) is 0 Å². The molecule has 8 atom stereocenters. The number of carbonyl (C=O) groups is 1. The molecule has 0 aromatic carbocycles. The van der Waals surface area contributed by atoms with Crippen molar-refractivity contribution in [3.63, 3.8) is 0 Å². The van der Waals surface area contributed by atoms with Gasteiger partial charge in [-0.3, -0.25) is 14.6 Å². The predicted octanol–water partition coefficient (Wildman–Crippen LogP) is 0.713. The fourth-order valence-corrected chi connectivity index (χ4v) is 8.33. The third-order valence-electron chi connectivity index (χ3n) is 7.27. The average molecular weight is 675 g/mol. The molecule has 22 heteroatoms. The van der Waals surface area contributed by atoms with Gasteiger partial charge >= 0.3 is 13.4 Å². The van der Waals surface area contributed by atoms with E-state index in [0.717, 1.165) is 0 Å². The summed E-state index contributed by atoms with van der Waals surface area (Å²) >= 11 is 10.6. The zero-order chi connectivity index (χ0) is 30.1. The molecule has 2 unspecified atom stereocenters. The predicted molar refractivity (Wildman–Crippen MR) is 154 cm³/mol. The second-order valence-electron chi connectivity index (χ2n) is 10.1. The number of H-pyrrole nitrogens is 1. The highest BCUT2D eigenvalue weighted by Crippen LogP contribution is 2.54. The Kier molecular flexibility index (Phi) is 7.48. The number of anilines is 1. The maximum Gasteiger partial charge on any atom is 0.325 e. The lowest BCUT2D eigenvalue weighted by molar-refractivity contribution is -0.0637. The lowest BCUT2D eigenvalue weighted by atomic mass is 10.1. The van der Waals surface area contributed by atoms with E-state index in [2.05, 4.69) is 25.3 Å². The Labute approximate surface area is 251 Å². The number of ketones is 1. The third kappa shape index (κ3) is 5.67. The molecule has 3 aromatic rings. The van der Waals surface area contributed by atoms with Crippen LogP contribution in [-0.2, 0) is 51.2 Å². The number of nitrogens with two attached hydrogens (primary N) is 1. The Bertz CT molecular complexity index is 1800. The van der Waals surface area contributed by atoms with Gasteiger partial charge in [0, 0.05) is 31.7 Å². The third-order valence-corrected chi connectivity index (χ3v) is 10.4. The monoisotopic (exact) mass is 674 g/mol. The summed E-state index contributed by atoms with van der Waals surface area (Å²) in [5.74, 6) is 0.196. The Hall–Kier alpha value is -2.32. The molecule has 3 aromatic heterocycles. The molecule has 7 heterocycles. The Balaban J connectivity index is 1.16. The summed E-state index contributed by atoms with van der Waals surface area (Å²) in [5.41, 5.74) is 5.49. The van der Waals surface area contributed by atoms with Crippen LogP contribution in [-0.4, -0.2) is 88.9 Å². The van der Waals surface area contributed by atoms with Crippen molar-refractivity contribution in [2.24, 2.45) is 4.99 Å². The second-order valence-corrected chi connectivity index (χ2v) is 15.7. The zero-order valence-electron chi connectivity index (χ0n) is 21.9. The lowest BCUT2D eigenvalue weighted by Crippen LogP contribution is -2.29. The SMILES string of the molecule is Nc1nc2c(nnn2[C@@H]2O[C@@H]3COP(O)(=S)O[C@H]4C[C@H](n5ccc6c5N=CCC6=O)O[C@@H]4COP(O)(=S)O[C@@H]2C3)c(=O)[nH]1.